The third kappa shape index (κ3) is 4.70. The van der Waals surface area contributed by atoms with Gasteiger partial charge in [0.25, 0.3) is 11.6 Å². The summed E-state index contributed by atoms with van der Waals surface area (Å²) in [5.74, 6) is 0.303. The van der Waals surface area contributed by atoms with Crippen molar-refractivity contribution in [3.05, 3.63) is 81.2 Å². The Morgan fingerprint density at radius 1 is 0.972 bits per heavy atom. The van der Waals surface area contributed by atoms with Crippen molar-refractivity contribution in [2.24, 2.45) is 0 Å². The van der Waals surface area contributed by atoms with Gasteiger partial charge in [0.2, 0.25) is 0 Å². The van der Waals surface area contributed by atoms with Crippen LogP contribution in [0, 0.1) is 24.0 Å². The molecular formula is C27H32N6O3. The van der Waals surface area contributed by atoms with E-state index in [0.29, 0.717) is 31.7 Å². The number of hydrogen-bond acceptors (Lipinski definition) is 6. The van der Waals surface area contributed by atoms with Crippen molar-refractivity contribution < 1.29 is 9.72 Å². The number of rotatable bonds is 5. The number of carbonyl (C=O) groups excluding carboxylic acids is 1. The number of anilines is 1. The number of benzene rings is 2. The summed E-state index contributed by atoms with van der Waals surface area (Å²) in [4.78, 5) is 28.4. The van der Waals surface area contributed by atoms with E-state index >= 15 is 0 Å². The monoisotopic (exact) mass is 488 g/mol. The summed E-state index contributed by atoms with van der Waals surface area (Å²) in [6.07, 6.45) is 3.70. The maximum Gasteiger partial charge on any atom is 0.269 e. The molecule has 0 aliphatic carbocycles. The summed E-state index contributed by atoms with van der Waals surface area (Å²) < 4.78 is 1.97. The Morgan fingerprint density at radius 3 is 2.28 bits per heavy atom. The first-order valence-electron chi connectivity index (χ1n) is 12.6. The van der Waals surface area contributed by atoms with Gasteiger partial charge in [-0.1, -0.05) is 6.07 Å². The third-order valence-corrected chi connectivity index (χ3v) is 7.49. The molecular weight excluding hydrogens is 456 g/mol. The largest absolute Gasteiger partial charge is 0.368 e. The smallest absolute Gasteiger partial charge is 0.269 e. The lowest BCUT2D eigenvalue weighted by Gasteiger charge is -2.36. The maximum atomic E-state index is 13.8. The van der Waals surface area contributed by atoms with E-state index in [2.05, 4.69) is 42.3 Å². The average molecular weight is 489 g/mol. The molecule has 2 aliphatic heterocycles. The number of piperidine rings is 1. The predicted octanol–water partition coefficient (Wildman–Crippen LogP) is 3.83. The molecule has 3 aromatic rings. The molecule has 1 amide bonds. The highest BCUT2D eigenvalue weighted by Gasteiger charge is 2.31. The first kappa shape index (κ1) is 24.0. The first-order chi connectivity index (χ1) is 17.4. The Morgan fingerprint density at radius 2 is 1.64 bits per heavy atom. The molecule has 5 rings (SSSR count). The number of aromatic nitrogens is 2. The maximum absolute atomic E-state index is 13.8. The van der Waals surface area contributed by atoms with Crippen molar-refractivity contribution in [2.75, 3.05) is 44.2 Å². The van der Waals surface area contributed by atoms with E-state index in [1.807, 2.05) is 9.58 Å². The standard InChI is InChI=1S/C27H32N6O3/c1-19-3-4-24(17-20(19)2)32-26(21-9-11-28-12-10-21)25(18-29-32)27(34)31-15-13-30(14-16-31)22-5-7-23(8-6-22)33(35)36/h3-8,17-18,21,28H,9-16H2,1-2H3. The highest BCUT2D eigenvalue weighted by atomic mass is 16.6. The van der Waals surface area contributed by atoms with Gasteiger partial charge in [0.15, 0.2) is 0 Å². The minimum Gasteiger partial charge on any atom is -0.368 e. The number of amides is 1. The van der Waals surface area contributed by atoms with Gasteiger partial charge in [-0.05, 0) is 75.2 Å². The molecule has 2 aliphatic rings. The van der Waals surface area contributed by atoms with Crippen LogP contribution in [0.3, 0.4) is 0 Å². The average Bonchev–Trinajstić information content (AvgIpc) is 3.36. The zero-order valence-electron chi connectivity index (χ0n) is 20.8. The van der Waals surface area contributed by atoms with Crippen LogP contribution in [0.5, 0.6) is 0 Å². The second-order valence-electron chi connectivity index (χ2n) is 9.70. The van der Waals surface area contributed by atoms with Crippen LogP contribution >= 0.6 is 0 Å². The second-order valence-corrected chi connectivity index (χ2v) is 9.70. The molecule has 36 heavy (non-hydrogen) atoms. The molecule has 0 bridgehead atoms. The number of carbonyl (C=O) groups is 1. The highest BCUT2D eigenvalue weighted by Crippen LogP contribution is 2.32. The van der Waals surface area contributed by atoms with Gasteiger partial charge in [-0.2, -0.15) is 5.10 Å². The van der Waals surface area contributed by atoms with Crippen LogP contribution in [0.2, 0.25) is 0 Å². The van der Waals surface area contributed by atoms with E-state index in [-0.39, 0.29) is 17.5 Å². The topological polar surface area (TPSA) is 96.5 Å². The van der Waals surface area contributed by atoms with Gasteiger partial charge in [-0.25, -0.2) is 4.68 Å². The molecule has 9 nitrogen and oxygen atoms in total. The Hall–Kier alpha value is -3.72. The minimum absolute atomic E-state index is 0.0296. The molecule has 9 heteroatoms. The van der Waals surface area contributed by atoms with Crippen molar-refractivity contribution in [3.63, 3.8) is 0 Å². The van der Waals surface area contributed by atoms with Gasteiger partial charge in [-0.15, -0.1) is 0 Å². The van der Waals surface area contributed by atoms with Crippen molar-refractivity contribution >= 4 is 17.3 Å². The van der Waals surface area contributed by atoms with Gasteiger partial charge in [0.05, 0.1) is 28.1 Å². The van der Waals surface area contributed by atoms with E-state index < -0.39 is 4.92 Å². The molecule has 2 saturated heterocycles. The first-order valence-corrected chi connectivity index (χ1v) is 12.6. The number of hydrogen-bond donors (Lipinski definition) is 1. The number of nitrogens with one attached hydrogen (secondary N) is 1. The lowest BCUT2D eigenvalue weighted by molar-refractivity contribution is -0.384. The Kier molecular flexibility index (Phi) is 6.73. The van der Waals surface area contributed by atoms with Crippen molar-refractivity contribution in [1.29, 1.82) is 0 Å². The molecule has 0 atom stereocenters. The zero-order valence-corrected chi connectivity index (χ0v) is 20.8. The normalized spacial score (nSPS) is 16.8. The van der Waals surface area contributed by atoms with Crippen LogP contribution in [0.25, 0.3) is 5.69 Å². The molecule has 2 aromatic carbocycles. The van der Waals surface area contributed by atoms with E-state index in [9.17, 15) is 14.9 Å². The molecule has 1 aromatic heterocycles. The van der Waals surface area contributed by atoms with Crippen molar-refractivity contribution in [1.82, 2.24) is 20.0 Å². The van der Waals surface area contributed by atoms with Gasteiger partial charge in [-0.3, -0.25) is 14.9 Å². The Labute approximate surface area is 210 Å². The Balaban J connectivity index is 1.37. The van der Waals surface area contributed by atoms with Crippen LogP contribution in [0.15, 0.2) is 48.7 Å². The number of aryl methyl sites for hydroxylation is 2. The zero-order chi connectivity index (χ0) is 25.2. The number of non-ortho nitro benzene ring substituents is 1. The SMILES string of the molecule is Cc1ccc(-n2ncc(C(=O)N3CCN(c4ccc([N+](=O)[O-])cc4)CC3)c2C2CCNCC2)cc1C. The molecule has 0 unspecified atom stereocenters. The molecule has 3 heterocycles. The van der Waals surface area contributed by atoms with Crippen LogP contribution in [-0.4, -0.2) is 64.8 Å². The number of piperazine rings is 1. The number of nitro groups is 1. The number of nitrogens with zero attached hydrogens (tertiary/aromatic N) is 5. The van der Waals surface area contributed by atoms with Crippen LogP contribution in [0.4, 0.5) is 11.4 Å². The summed E-state index contributed by atoms with van der Waals surface area (Å²) in [5, 5.41) is 19.1. The fourth-order valence-corrected chi connectivity index (χ4v) is 5.20. The molecule has 2 fully saturated rings. The van der Waals surface area contributed by atoms with Crippen molar-refractivity contribution in [2.45, 2.75) is 32.6 Å². The summed E-state index contributed by atoms with van der Waals surface area (Å²) in [6, 6.07) is 12.9. The predicted molar refractivity (Wildman–Crippen MR) is 139 cm³/mol. The fourth-order valence-electron chi connectivity index (χ4n) is 5.20. The highest BCUT2D eigenvalue weighted by molar-refractivity contribution is 5.95. The lowest BCUT2D eigenvalue weighted by Crippen LogP contribution is -2.49. The summed E-state index contributed by atoms with van der Waals surface area (Å²) in [7, 11) is 0. The minimum atomic E-state index is -0.390. The summed E-state index contributed by atoms with van der Waals surface area (Å²) in [5.41, 5.74) is 6.16. The van der Waals surface area contributed by atoms with Crippen LogP contribution in [-0.2, 0) is 0 Å². The fraction of sp³-hybridized carbons (Fsp3) is 0.407. The quantitative estimate of drug-likeness (QED) is 0.433. The van der Waals surface area contributed by atoms with Gasteiger partial charge < -0.3 is 15.1 Å². The van der Waals surface area contributed by atoms with E-state index in [1.54, 1.807) is 18.3 Å². The molecule has 0 radical (unpaired) electrons. The molecule has 188 valence electrons. The third-order valence-electron chi connectivity index (χ3n) is 7.49. The van der Waals surface area contributed by atoms with Gasteiger partial charge in [0, 0.05) is 49.9 Å². The summed E-state index contributed by atoms with van der Waals surface area (Å²) in [6.45, 7) is 8.61. The van der Waals surface area contributed by atoms with Crippen LogP contribution in [0.1, 0.15) is 45.9 Å². The molecule has 0 spiro atoms. The van der Waals surface area contributed by atoms with Crippen molar-refractivity contribution in [3.8, 4) is 5.69 Å². The van der Waals surface area contributed by atoms with Gasteiger partial charge >= 0.3 is 0 Å². The summed E-state index contributed by atoms with van der Waals surface area (Å²) >= 11 is 0. The second kappa shape index (κ2) is 10.1. The molecule has 0 saturated carbocycles. The number of nitro benzene ring substituents is 1. The van der Waals surface area contributed by atoms with E-state index in [0.717, 1.165) is 43.0 Å². The Bertz CT molecular complexity index is 1260. The molecule has 1 N–H and O–H groups in total. The van der Waals surface area contributed by atoms with Crippen LogP contribution < -0.4 is 10.2 Å². The van der Waals surface area contributed by atoms with E-state index in [1.165, 1.54) is 23.3 Å². The van der Waals surface area contributed by atoms with E-state index in [4.69, 9.17) is 5.10 Å². The lowest BCUT2D eigenvalue weighted by atomic mass is 9.91. The van der Waals surface area contributed by atoms with Gasteiger partial charge in [0.1, 0.15) is 0 Å².